The van der Waals surface area contributed by atoms with E-state index in [2.05, 4.69) is 23.4 Å². The minimum atomic E-state index is -0.164. The van der Waals surface area contributed by atoms with Gasteiger partial charge in [0.05, 0.1) is 6.04 Å². The maximum atomic E-state index is 12.0. The van der Waals surface area contributed by atoms with Gasteiger partial charge in [-0.25, -0.2) is 0 Å². The molecule has 3 nitrogen and oxygen atoms in total. The Bertz CT molecular complexity index is 427. The van der Waals surface area contributed by atoms with E-state index < -0.39 is 0 Å². The smallest absolute Gasteiger partial charge is 0.179 e. The summed E-state index contributed by atoms with van der Waals surface area (Å²) in [5, 5.41) is 2.95. The molecule has 0 aliphatic heterocycles. The van der Waals surface area contributed by atoms with Crippen molar-refractivity contribution in [2.45, 2.75) is 13.0 Å². The van der Waals surface area contributed by atoms with E-state index in [1.165, 1.54) is 0 Å². The Kier molecular flexibility index (Phi) is 6.03. The molecule has 0 amide bonds. The summed E-state index contributed by atoms with van der Waals surface area (Å²) in [4.78, 5) is 14.1. The van der Waals surface area contributed by atoms with Crippen LogP contribution in [-0.4, -0.2) is 32.0 Å². The molecule has 0 radical (unpaired) electrons. The number of ketones is 1. The third-order valence-electron chi connectivity index (χ3n) is 3.04. The normalized spacial score (nSPS) is 11.7. The van der Waals surface area contributed by atoms with Crippen molar-refractivity contribution < 1.29 is 4.79 Å². The van der Waals surface area contributed by atoms with Gasteiger partial charge in [-0.05, 0) is 38.2 Å². The molecule has 0 bridgehead atoms. The highest BCUT2D eigenvalue weighted by Crippen LogP contribution is 2.16. The molecule has 0 fully saturated rings. The molecule has 1 unspecified atom stereocenters. The van der Waals surface area contributed by atoms with E-state index in [4.69, 9.17) is 0 Å². The van der Waals surface area contributed by atoms with Crippen molar-refractivity contribution in [3.05, 3.63) is 55.1 Å². The zero-order valence-electron chi connectivity index (χ0n) is 11.7. The molecule has 102 valence electrons. The number of Topliss-reactive ketones (excluding diaryl/α,β-unsaturated/α-hetero) is 1. The number of carbonyl (C=O) groups is 1. The summed E-state index contributed by atoms with van der Waals surface area (Å²) in [6.07, 6.45) is 3.71. The Morgan fingerprint density at radius 2 is 1.79 bits per heavy atom. The molecule has 1 aromatic carbocycles. The van der Waals surface area contributed by atoms with E-state index in [0.717, 1.165) is 24.3 Å². The van der Waals surface area contributed by atoms with Crippen molar-refractivity contribution in [2.24, 2.45) is 0 Å². The number of hydrogen-bond donors (Lipinski definition) is 1. The van der Waals surface area contributed by atoms with Gasteiger partial charge < -0.3 is 10.2 Å². The highest BCUT2D eigenvalue weighted by Gasteiger charge is 2.13. The monoisotopic (exact) mass is 258 g/mol. The largest absolute Gasteiger partial charge is 0.364 e. The van der Waals surface area contributed by atoms with Crippen LogP contribution in [0, 0.1) is 0 Å². The Morgan fingerprint density at radius 1 is 1.26 bits per heavy atom. The second kappa shape index (κ2) is 7.54. The van der Waals surface area contributed by atoms with Crippen molar-refractivity contribution in [3.8, 4) is 0 Å². The lowest BCUT2D eigenvalue weighted by Crippen LogP contribution is -2.30. The average molecular weight is 258 g/mol. The number of carbonyl (C=O) groups excluding carboxylic acids is 1. The van der Waals surface area contributed by atoms with Crippen LogP contribution in [0.3, 0.4) is 0 Å². The molecule has 0 aliphatic carbocycles. The van der Waals surface area contributed by atoms with Crippen LogP contribution in [0.25, 0.3) is 0 Å². The van der Waals surface area contributed by atoms with Gasteiger partial charge in [0.25, 0.3) is 0 Å². The lowest BCUT2D eigenvalue weighted by Gasteiger charge is -2.21. The summed E-state index contributed by atoms with van der Waals surface area (Å²) in [7, 11) is 1.78. The second-order valence-electron chi connectivity index (χ2n) is 4.40. The predicted octanol–water partition coefficient (Wildman–Crippen LogP) is 2.66. The van der Waals surface area contributed by atoms with Crippen LogP contribution < -0.4 is 10.2 Å². The van der Waals surface area contributed by atoms with E-state index in [0.29, 0.717) is 0 Å². The standard InChI is InChI=1S/C16H22N2O/c1-5-11-18(12-6-2)15-9-7-14(8-10-15)16(19)13(3)17-4/h5-10,13,17H,1-2,11-12H2,3-4H3. The highest BCUT2D eigenvalue weighted by atomic mass is 16.1. The number of rotatable bonds is 8. The van der Waals surface area contributed by atoms with Gasteiger partial charge in [-0.3, -0.25) is 4.79 Å². The first kappa shape index (κ1) is 15.2. The van der Waals surface area contributed by atoms with Crippen molar-refractivity contribution in [1.29, 1.82) is 0 Å². The molecule has 0 saturated heterocycles. The third kappa shape index (κ3) is 4.07. The van der Waals surface area contributed by atoms with Gasteiger partial charge >= 0.3 is 0 Å². The molecular weight excluding hydrogens is 236 g/mol. The number of hydrogen-bond acceptors (Lipinski definition) is 3. The Balaban J connectivity index is 2.87. The molecule has 0 saturated carbocycles. The van der Waals surface area contributed by atoms with Crippen molar-refractivity contribution >= 4 is 11.5 Å². The fourth-order valence-corrected chi connectivity index (χ4v) is 1.81. The third-order valence-corrected chi connectivity index (χ3v) is 3.04. The molecule has 1 rings (SSSR count). The molecule has 1 atom stereocenters. The van der Waals surface area contributed by atoms with Crippen molar-refractivity contribution in [2.75, 3.05) is 25.0 Å². The zero-order valence-corrected chi connectivity index (χ0v) is 11.7. The van der Waals surface area contributed by atoms with Crippen molar-refractivity contribution in [3.63, 3.8) is 0 Å². The van der Waals surface area contributed by atoms with Gasteiger partial charge in [0.2, 0.25) is 0 Å². The molecule has 1 aromatic rings. The van der Waals surface area contributed by atoms with E-state index >= 15 is 0 Å². The highest BCUT2D eigenvalue weighted by molar-refractivity contribution is 6.00. The number of nitrogens with one attached hydrogen (secondary N) is 1. The Labute approximate surface area is 115 Å². The fraction of sp³-hybridized carbons (Fsp3) is 0.312. The second-order valence-corrected chi connectivity index (χ2v) is 4.40. The van der Waals surface area contributed by atoms with E-state index in [9.17, 15) is 4.79 Å². The number of anilines is 1. The molecular formula is C16H22N2O. The van der Waals surface area contributed by atoms with Gasteiger partial charge in [-0.15, -0.1) is 13.2 Å². The lowest BCUT2D eigenvalue weighted by atomic mass is 10.1. The van der Waals surface area contributed by atoms with Crippen LogP contribution in [0.5, 0.6) is 0 Å². The zero-order chi connectivity index (χ0) is 14.3. The van der Waals surface area contributed by atoms with Crippen molar-refractivity contribution in [1.82, 2.24) is 5.32 Å². The molecule has 1 N–H and O–H groups in total. The molecule has 0 aliphatic rings. The van der Waals surface area contributed by atoms with Crippen LogP contribution in [0.2, 0.25) is 0 Å². The minimum absolute atomic E-state index is 0.105. The summed E-state index contributed by atoms with van der Waals surface area (Å²) in [6.45, 7) is 10.9. The maximum Gasteiger partial charge on any atom is 0.179 e. The maximum absolute atomic E-state index is 12.0. The Morgan fingerprint density at radius 3 is 2.21 bits per heavy atom. The summed E-state index contributed by atoms with van der Waals surface area (Å²) < 4.78 is 0. The quantitative estimate of drug-likeness (QED) is 0.575. The predicted molar refractivity (Wildman–Crippen MR) is 81.9 cm³/mol. The molecule has 0 aromatic heterocycles. The number of likely N-dealkylation sites (N-methyl/N-ethyl adjacent to an activating group) is 1. The minimum Gasteiger partial charge on any atom is -0.364 e. The SMILES string of the molecule is C=CCN(CC=C)c1ccc(C(=O)C(C)NC)cc1. The first-order valence-electron chi connectivity index (χ1n) is 6.42. The van der Waals surface area contributed by atoms with Crippen LogP contribution in [0.1, 0.15) is 17.3 Å². The first-order chi connectivity index (χ1) is 9.13. The summed E-state index contributed by atoms with van der Waals surface area (Å²) in [6, 6.07) is 7.49. The summed E-state index contributed by atoms with van der Waals surface area (Å²) in [5.41, 5.74) is 1.79. The number of nitrogens with zero attached hydrogens (tertiary/aromatic N) is 1. The molecule has 0 heterocycles. The molecule has 3 heteroatoms. The van der Waals surface area contributed by atoms with Crippen LogP contribution in [0.4, 0.5) is 5.69 Å². The van der Waals surface area contributed by atoms with Crippen LogP contribution in [-0.2, 0) is 0 Å². The lowest BCUT2D eigenvalue weighted by molar-refractivity contribution is 0.0955. The molecule has 19 heavy (non-hydrogen) atoms. The molecule has 0 spiro atoms. The van der Waals surface area contributed by atoms with Crippen LogP contribution in [0.15, 0.2) is 49.6 Å². The van der Waals surface area contributed by atoms with E-state index in [-0.39, 0.29) is 11.8 Å². The Hall–Kier alpha value is -1.87. The van der Waals surface area contributed by atoms with Gasteiger partial charge in [0.15, 0.2) is 5.78 Å². The first-order valence-corrected chi connectivity index (χ1v) is 6.42. The average Bonchev–Trinajstić information content (AvgIpc) is 2.45. The fourth-order valence-electron chi connectivity index (χ4n) is 1.81. The van der Waals surface area contributed by atoms with Gasteiger partial charge in [-0.2, -0.15) is 0 Å². The summed E-state index contributed by atoms with van der Waals surface area (Å²) >= 11 is 0. The number of benzene rings is 1. The topological polar surface area (TPSA) is 32.3 Å². The van der Waals surface area contributed by atoms with E-state index in [1.54, 1.807) is 7.05 Å². The van der Waals surface area contributed by atoms with Gasteiger partial charge in [0.1, 0.15) is 0 Å². The van der Waals surface area contributed by atoms with Gasteiger partial charge in [-0.1, -0.05) is 12.2 Å². The summed E-state index contributed by atoms with van der Waals surface area (Å²) in [5.74, 6) is 0.105. The van der Waals surface area contributed by atoms with Crippen LogP contribution >= 0.6 is 0 Å². The van der Waals surface area contributed by atoms with E-state index in [1.807, 2.05) is 43.3 Å². The van der Waals surface area contributed by atoms with Gasteiger partial charge in [0, 0.05) is 24.3 Å².